The predicted octanol–water partition coefficient (Wildman–Crippen LogP) is 0.477. The lowest BCUT2D eigenvalue weighted by atomic mass is 9.81. The maximum absolute atomic E-state index is 12.9. The minimum atomic E-state index is -0.673. The molecule has 2 aliphatic rings. The molecule has 0 aromatic carbocycles. The van der Waals surface area contributed by atoms with Crippen LogP contribution in [0.1, 0.15) is 12.8 Å². The summed E-state index contributed by atoms with van der Waals surface area (Å²) in [6.45, 7) is 1.88. The lowest BCUT2D eigenvalue weighted by Gasteiger charge is -2.48. The minimum Gasteiger partial charge on any atom is -0.379 e. The average Bonchev–Trinajstić information content (AvgIpc) is 2.04. The number of halogens is 1. The van der Waals surface area contributed by atoms with E-state index in [9.17, 15) is 4.39 Å². The summed E-state index contributed by atoms with van der Waals surface area (Å²) in [7, 11) is 0. The van der Waals surface area contributed by atoms with E-state index in [-0.39, 0.29) is 5.54 Å². The van der Waals surface area contributed by atoms with Crippen LogP contribution in [0, 0.1) is 0 Å². The van der Waals surface area contributed by atoms with Crippen LogP contribution in [0.2, 0.25) is 0 Å². The van der Waals surface area contributed by atoms with Gasteiger partial charge in [-0.1, -0.05) is 0 Å². The van der Waals surface area contributed by atoms with E-state index in [2.05, 4.69) is 5.32 Å². The molecular formula is C7H12FNO. The van der Waals surface area contributed by atoms with Crippen LogP contribution >= 0.6 is 0 Å². The second kappa shape index (κ2) is 2.17. The third-order valence-electron chi connectivity index (χ3n) is 2.50. The summed E-state index contributed by atoms with van der Waals surface area (Å²) in [5, 5.41) is 3.11. The molecule has 2 aliphatic heterocycles. The molecule has 0 aromatic heterocycles. The zero-order valence-corrected chi connectivity index (χ0v) is 5.90. The van der Waals surface area contributed by atoms with Gasteiger partial charge in [-0.25, -0.2) is 4.39 Å². The Bertz CT molecular complexity index is 134. The van der Waals surface area contributed by atoms with Crippen LogP contribution in [0.5, 0.6) is 0 Å². The second-order valence-corrected chi connectivity index (χ2v) is 3.16. The van der Waals surface area contributed by atoms with E-state index >= 15 is 0 Å². The van der Waals surface area contributed by atoms with E-state index in [1.165, 1.54) is 0 Å². The topological polar surface area (TPSA) is 21.3 Å². The highest BCUT2D eigenvalue weighted by atomic mass is 19.1. The van der Waals surface area contributed by atoms with Crippen LogP contribution in [0.3, 0.4) is 0 Å². The van der Waals surface area contributed by atoms with Crippen molar-refractivity contribution in [2.75, 3.05) is 19.8 Å². The normalized spacial score (nSPS) is 47.1. The maximum Gasteiger partial charge on any atom is 0.133 e. The monoisotopic (exact) mass is 145 g/mol. The highest BCUT2D eigenvalue weighted by molar-refractivity contribution is 5.05. The van der Waals surface area contributed by atoms with E-state index in [4.69, 9.17) is 4.74 Å². The van der Waals surface area contributed by atoms with Gasteiger partial charge in [0, 0.05) is 13.2 Å². The average molecular weight is 145 g/mol. The van der Waals surface area contributed by atoms with Gasteiger partial charge in [0.1, 0.15) is 6.17 Å². The fraction of sp³-hybridized carbons (Fsp3) is 1.00. The SMILES string of the molecule is FC1CNC12CCCOC2. The first-order valence-electron chi connectivity index (χ1n) is 3.80. The first kappa shape index (κ1) is 6.55. The van der Waals surface area contributed by atoms with Gasteiger partial charge in [-0.3, -0.25) is 0 Å². The number of hydrogen-bond acceptors (Lipinski definition) is 2. The molecule has 0 radical (unpaired) electrons. The van der Waals surface area contributed by atoms with E-state index in [1.807, 2.05) is 0 Å². The summed E-state index contributed by atoms with van der Waals surface area (Å²) in [6.07, 6.45) is 1.26. The first-order valence-corrected chi connectivity index (χ1v) is 3.80. The molecule has 0 bridgehead atoms. The third-order valence-corrected chi connectivity index (χ3v) is 2.50. The van der Waals surface area contributed by atoms with Crippen molar-refractivity contribution in [1.29, 1.82) is 0 Å². The number of rotatable bonds is 0. The largest absolute Gasteiger partial charge is 0.379 e. The Kier molecular flexibility index (Phi) is 1.42. The van der Waals surface area contributed by atoms with E-state index in [0.717, 1.165) is 19.4 Å². The van der Waals surface area contributed by atoms with Gasteiger partial charge in [0.25, 0.3) is 0 Å². The van der Waals surface area contributed by atoms with Gasteiger partial charge in [-0.15, -0.1) is 0 Å². The number of hydrogen-bond donors (Lipinski definition) is 1. The molecule has 2 nitrogen and oxygen atoms in total. The fourth-order valence-corrected chi connectivity index (χ4v) is 1.67. The Balaban J connectivity index is 1.99. The number of nitrogens with one attached hydrogen (secondary N) is 1. The fourth-order valence-electron chi connectivity index (χ4n) is 1.67. The van der Waals surface area contributed by atoms with Crippen molar-refractivity contribution < 1.29 is 9.13 Å². The Morgan fingerprint density at radius 1 is 1.60 bits per heavy atom. The molecule has 1 N–H and O–H groups in total. The summed E-state index contributed by atoms with van der Waals surface area (Å²) >= 11 is 0. The standard InChI is InChI=1S/C7H12FNO/c8-6-4-9-7(6)2-1-3-10-5-7/h6,9H,1-5H2. The Hall–Kier alpha value is -0.150. The van der Waals surface area contributed by atoms with Gasteiger partial charge in [-0.2, -0.15) is 0 Å². The van der Waals surface area contributed by atoms with Crippen molar-refractivity contribution in [3.63, 3.8) is 0 Å². The molecular weight excluding hydrogens is 133 g/mol. The first-order chi connectivity index (χ1) is 4.83. The third kappa shape index (κ3) is 0.772. The smallest absolute Gasteiger partial charge is 0.133 e. The summed E-state index contributed by atoms with van der Waals surface area (Å²) in [5.74, 6) is 0. The molecule has 0 amide bonds. The molecule has 2 unspecified atom stereocenters. The van der Waals surface area contributed by atoms with Crippen molar-refractivity contribution in [3.8, 4) is 0 Å². The predicted molar refractivity (Wildman–Crippen MR) is 35.7 cm³/mol. The molecule has 1 spiro atoms. The second-order valence-electron chi connectivity index (χ2n) is 3.16. The number of alkyl halides is 1. The van der Waals surface area contributed by atoms with E-state index < -0.39 is 6.17 Å². The highest BCUT2D eigenvalue weighted by Crippen LogP contribution is 2.30. The van der Waals surface area contributed by atoms with Crippen molar-refractivity contribution in [2.24, 2.45) is 0 Å². The molecule has 0 saturated carbocycles. The molecule has 2 rings (SSSR count). The summed E-state index contributed by atoms with van der Waals surface area (Å²) in [4.78, 5) is 0. The van der Waals surface area contributed by atoms with E-state index in [0.29, 0.717) is 13.2 Å². The van der Waals surface area contributed by atoms with Crippen molar-refractivity contribution in [3.05, 3.63) is 0 Å². The zero-order valence-electron chi connectivity index (χ0n) is 5.90. The minimum absolute atomic E-state index is 0.280. The molecule has 0 aromatic rings. The molecule has 2 heterocycles. The van der Waals surface area contributed by atoms with Crippen LogP contribution in [0.15, 0.2) is 0 Å². The van der Waals surface area contributed by atoms with Crippen molar-refractivity contribution in [1.82, 2.24) is 5.32 Å². The van der Waals surface area contributed by atoms with Gasteiger partial charge < -0.3 is 10.1 Å². The Morgan fingerprint density at radius 2 is 2.50 bits per heavy atom. The lowest BCUT2D eigenvalue weighted by molar-refractivity contribution is -0.0620. The summed E-state index contributed by atoms with van der Waals surface area (Å²) < 4.78 is 18.1. The van der Waals surface area contributed by atoms with Crippen LogP contribution in [0.4, 0.5) is 4.39 Å². The lowest BCUT2D eigenvalue weighted by Crippen LogP contribution is -2.70. The van der Waals surface area contributed by atoms with Gasteiger partial charge in [-0.05, 0) is 12.8 Å². The molecule has 0 aliphatic carbocycles. The van der Waals surface area contributed by atoms with Crippen molar-refractivity contribution >= 4 is 0 Å². The van der Waals surface area contributed by atoms with Gasteiger partial charge in [0.15, 0.2) is 0 Å². The molecule has 58 valence electrons. The van der Waals surface area contributed by atoms with Crippen LogP contribution in [-0.2, 0) is 4.74 Å². The highest BCUT2D eigenvalue weighted by Gasteiger charge is 2.48. The quantitative estimate of drug-likeness (QED) is 0.535. The van der Waals surface area contributed by atoms with Crippen LogP contribution in [0.25, 0.3) is 0 Å². The molecule has 10 heavy (non-hydrogen) atoms. The molecule has 2 fully saturated rings. The van der Waals surface area contributed by atoms with Crippen LogP contribution in [-0.4, -0.2) is 31.5 Å². The number of ether oxygens (including phenoxy) is 1. The Morgan fingerprint density at radius 3 is 2.80 bits per heavy atom. The van der Waals surface area contributed by atoms with E-state index in [1.54, 1.807) is 0 Å². The zero-order chi connectivity index (χ0) is 7.03. The molecule has 2 atom stereocenters. The van der Waals surface area contributed by atoms with Gasteiger partial charge >= 0.3 is 0 Å². The molecule has 3 heteroatoms. The summed E-state index contributed by atoms with van der Waals surface area (Å²) in [5.41, 5.74) is -0.280. The van der Waals surface area contributed by atoms with Gasteiger partial charge in [0.05, 0.1) is 12.1 Å². The molecule has 2 saturated heterocycles. The maximum atomic E-state index is 12.9. The van der Waals surface area contributed by atoms with Gasteiger partial charge in [0.2, 0.25) is 0 Å². The van der Waals surface area contributed by atoms with Crippen molar-refractivity contribution in [2.45, 2.75) is 24.6 Å². The Labute approximate surface area is 59.7 Å². The summed E-state index contributed by atoms with van der Waals surface area (Å²) in [6, 6.07) is 0. The van der Waals surface area contributed by atoms with Crippen LogP contribution < -0.4 is 5.32 Å².